The number of anilines is 1. The van der Waals surface area contributed by atoms with Gasteiger partial charge in [-0.2, -0.15) is 0 Å². The van der Waals surface area contributed by atoms with Crippen molar-refractivity contribution in [2.45, 2.75) is 11.3 Å². The fraction of sp³-hybridized carbons (Fsp3) is 0.176. The summed E-state index contributed by atoms with van der Waals surface area (Å²) in [5.41, 5.74) is 0.720. The standard InChI is InChI=1S/C17H15ClN2O4S3/c1-24-11-2-4-12(5-3-11)27(22,23)9-8-16(21)20-17-19-13(10-25-17)14-6-7-15(18)26-14/h2-7,10H,8-9H2,1H3,(H,19,20,21). The molecule has 3 rings (SSSR count). The monoisotopic (exact) mass is 442 g/mol. The number of thiazole rings is 1. The number of ether oxygens (including phenoxy) is 1. The minimum atomic E-state index is -3.55. The highest BCUT2D eigenvalue weighted by molar-refractivity contribution is 7.91. The van der Waals surface area contributed by atoms with Gasteiger partial charge in [0.15, 0.2) is 15.0 Å². The fourth-order valence-corrected chi connectivity index (χ4v) is 5.25. The predicted molar refractivity (Wildman–Crippen MR) is 109 cm³/mol. The number of aromatic nitrogens is 1. The second kappa shape index (κ2) is 8.39. The van der Waals surface area contributed by atoms with E-state index in [4.69, 9.17) is 16.3 Å². The fourth-order valence-electron chi connectivity index (χ4n) is 2.21. The maximum absolute atomic E-state index is 12.3. The quantitative estimate of drug-likeness (QED) is 0.588. The Kier molecular flexibility index (Phi) is 6.15. The van der Waals surface area contributed by atoms with Gasteiger partial charge in [-0.1, -0.05) is 11.6 Å². The minimum absolute atomic E-state index is 0.155. The first-order valence-corrected chi connectivity index (χ1v) is 11.5. The number of benzene rings is 1. The minimum Gasteiger partial charge on any atom is -0.497 e. The summed E-state index contributed by atoms with van der Waals surface area (Å²) in [4.78, 5) is 17.5. The van der Waals surface area contributed by atoms with E-state index in [1.807, 2.05) is 11.4 Å². The molecule has 0 saturated carbocycles. The topological polar surface area (TPSA) is 85.4 Å². The molecule has 0 aliphatic heterocycles. The van der Waals surface area contributed by atoms with Gasteiger partial charge in [0.05, 0.1) is 32.7 Å². The van der Waals surface area contributed by atoms with Crippen LogP contribution in [0.15, 0.2) is 46.7 Å². The molecule has 1 N–H and O–H groups in total. The average Bonchev–Trinajstić information content (AvgIpc) is 3.29. The molecule has 0 aliphatic rings. The Balaban J connectivity index is 1.58. The molecule has 27 heavy (non-hydrogen) atoms. The molecular formula is C17H15ClN2O4S3. The molecule has 2 aromatic heterocycles. The Morgan fingerprint density at radius 3 is 2.59 bits per heavy atom. The molecule has 0 radical (unpaired) electrons. The third-order valence-corrected chi connectivity index (χ3v) is 7.34. The van der Waals surface area contributed by atoms with Gasteiger partial charge < -0.3 is 10.1 Å². The first kappa shape index (κ1) is 19.8. The molecule has 10 heteroatoms. The lowest BCUT2D eigenvalue weighted by Gasteiger charge is -2.06. The Labute approximate surface area is 169 Å². The number of halogens is 1. The van der Waals surface area contributed by atoms with E-state index in [2.05, 4.69) is 10.3 Å². The number of nitrogens with one attached hydrogen (secondary N) is 1. The molecule has 2 heterocycles. The molecule has 0 saturated heterocycles. The number of amides is 1. The summed E-state index contributed by atoms with van der Waals surface area (Å²) in [6, 6.07) is 9.71. The van der Waals surface area contributed by atoms with Crippen molar-refractivity contribution in [1.82, 2.24) is 4.98 Å². The molecule has 6 nitrogen and oxygen atoms in total. The molecule has 0 aliphatic carbocycles. The lowest BCUT2D eigenvalue weighted by molar-refractivity contribution is -0.115. The van der Waals surface area contributed by atoms with Crippen LogP contribution < -0.4 is 10.1 Å². The number of rotatable bonds is 7. The smallest absolute Gasteiger partial charge is 0.227 e. The number of thiophene rings is 1. The summed E-state index contributed by atoms with van der Waals surface area (Å²) in [5, 5.41) is 4.87. The van der Waals surface area contributed by atoms with E-state index in [-0.39, 0.29) is 17.1 Å². The normalized spacial score (nSPS) is 11.3. The highest BCUT2D eigenvalue weighted by Crippen LogP contribution is 2.32. The van der Waals surface area contributed by atoms with E-state index < -0.39 is 15.7 Å². The number of hydrogen-bond acceptors (Lipinski definition) is 7. The van der Waals surface area contributed by atoms with Crippen LogP contribution >= 0.6 is 34.3 Å². The summed E-state index contributed by atoms with van der Waals surface area (Å²) in [5.74, 6) is -0.125. The van der Waals surface area contributed by atoms with Crippen LogP contribution in [-0.4, -0.2) is 32.2 Å². The van der Waals surface area contributed by atoms with Crippen LogP contribution in [0.3, 0.4) is 0 Å². The molecule has 0 bridgehead atoms. The molecule has 0 fully saturated rings. The van der Waals surface area contributed by atoms with Crippen molar-refractivity contribution in [2.24, 2.45) is 0 Å². The number of sulfone groups is 1. The second-order valence-corrected chi connectivity index (χ2v) is 10.1. The zero-order valence-corrected chi connectivity index (χ0v) is 17.3. The molecule has 1 amide bonds. The lowest BCUT2D eigenvalue weighted by atomic mass is 10.3. The molecule has 1 aromatic carbocycles. The van der Waals surface area contributed by atoms with Crippen LogP contribution in [0.1, 0.15) is 6.42 Å². The van der Waals surface area contributed by atoms with Gasteiger partial charge in [-0.15, -0.1) is 22.7 Å². The molecular weight excluding hydrogens is 428 g/mol. The highest BCUT2D eigenvalue weighted by Gasteiger charge is 2.17. The van der Waals surface area contributed by atoms with E-state index in [0.29, 0.717) is 15.2 Å². The largest absolute Gasteiger partial charge is 0.497 e. The lowest BCUT2D eigenvalue weighted by Crippen LogP contribution is -2.17. The third-order valence-electron chi connectivity index (χ3n) is 3.59. The van der Waals surface area contributed by atoms with E-state index >= 15 is 0 Å². The van der Waals surface area contributed by atoms with Gasteiger partial charge in [0.2, 0.25) is 5.91 Å². The first-order valence-electron chi connectivity index (χ1n) is 7.75. The van der Waals surface area contributed by atoms with Crippen molar-refractivity contribution in [3.63, 3.8) is 0 Å². The van der Waals surface area contributed by atoms with Crippen LogP contribution in [0, 0.1) is 0 Å². The predicted octanol–water partition coefficient (Wildman–Crippen LogP) is 4.34. The summed E-state index contributed by atoms with van der Waals surface area (Å²) >= 11 is 8.58. The van der Waals surface area contributed by atoms with Crippen LogP contribution in [0.25, 0.3) is 10.6 Å². The second-order valence-electron chi connectivity index (χ2n) is 5.43. The maximum Gasteiger partial charge on any atom is 0.227 e. The molecule has 3 aromatic rings. The zero-order chi connectivity index (χ0) is 19.4. The highest BCUT2D eigenvalue weighted by atomic mass is 35.5. The van der Waals surface area contributed by atoms with Crippen LogP contribution in [-0.2, 0) is 14.6 Å². The molecule has 0 spiro atoms. The average molecular weight is 443 g/mol. The molecule has 0 unspecified atom stereocenters. The van der Waals surface area contributed by atoms with E-state index in [1.54, 1.807) is 18.2 Å². The van der Waals surface area contributed by atoms with Crippen molar-refractivity contribution < 1.29 is 17.9 Å². The Morgan fingerprint density at radius 1 is 1.22 bits per heavy atom. The number of methoxy groups -OCH3 is 1. The van der Waals surface area contributed by atoms with Crippen molar-refractivity contribution in [3.8, 4) is 16.3 Å². The van der Waals surface area contributed by atoms with Crippen molar-refractivity contribution in [1.29, 1.82) is 0 Å². The number of carbonyl (C=O) groups excluding carboxylic acids is 1. The van der Waals surface area contributed by atoms with Crippen molar-refractivity contribution in [3.05, 3.63) is 46.1 Å². The van der Waals surface area contributed by atoms with Crippen LogP contribution in [0.2, 0.25) is 4.34 Å². The van der Waals surface area contributed by atoms with Gasteiger partial charge in [0.25, 0.3) is 0 Å². The van der Waals surface area contributed by atoms with Crippen LogP contribution in [0.4, 0.5) is 5.13 Å². The van der Waals surface area contributed by atoms with Gasteiger partial charge >= 0.3 is 0 Å². The van der Waals surface area contributed by atoms with Gasteiger partial charge in [0.1, 0.15) is 5.75 Å². The zero-order valence-electron chi connectivity index (χ0n) is 14.1. The molecule has 0 atom stereocenters. The summed E-state index contributed by atoms with van der Waals surface area (Å²) in [6.07, 6.45) is -0.159. The molecule has 142 valence electrons. The van der Waals surface area contributed by atoms with Gasteiger partial charge in [-0.25, -0.2) is 13.4 Å². The van der Waals surface area contributed by atoms with E-state index in [0.717, 1.165) is 10.6 Å². The van der Waals surface area contributed by atoms with E-state index in [9.17, 15) is 13.2 Å². The van der Waals surface area contributed by atoms with Crippen molar-refractivity contribution in [2.75, 3.05) is 18.2 Å². The SMILES string of the molecule is COc1ccc(S(=O)(=O)CCC(=O)Nc2nc(-c3ccc(Cl)s3)cs2)cc1. The summed E-state index contributed by atoms with van der Waals surface area (Å²) in [7, 11) is -2.05. The third kappa shape index (κ3) is 5.07. The number of nitrogens with zero attached hydrogens (tertiary/aromatic N) is 1. The number of hydrogen-bond donors (Lipinski definition) is 1. The van der Waals surface area contributed by atoms with Crippen molar-refractivity contribution >= 4 is 55.2 Å². The Hall–Kier alpha value is -1.94. The Morgan fingerprint density at radius 2 is 1.96 bits per heavy atom. The van der Waals surface area contributed by atoms with E-state index in [1.165, 1.54) is 41.9 Å². The number of carbonyl (C=O) groups is 1. The van der Waals surface area contributed by atoms with Crippen LogP contribution in [0.5, 0.6) is 5.75 Å². The Bertz CT molecular complexity index is 1040. The summed E-state index contributed by atoms with van der Waals surface area (Å²) < 4.78 is 30.3. The maximum atomic E-state index is 12.3. The van der Waals surface area contributed by atoms with Gasteiger partial charge in [-0.05, 0) is 36.4 Å². The van der Waals surface area contributed by atoms with Gasteiger partial charge in [-0.3, -0.25) is 4.79 Å². The first-order chi connectivity index (χ1) is 12.9. The van der Waals surface area contributed by atoms with Gasteiger partial charge in [0, 0.05) is 11.8 Å². The summed E-state index contributed by atoms with van der Waals surface area (Å²) in [6.45, 7) is 0.